The maximum atomic E-state index is 13.9. The fourth-order valence-electron chi connectivity index (χ4n) is 5.92. The molecule has 0 N–H and O–H groups in total. The molecule has 0 saturated carbocycles. The zero-order valence-electron chi connectivity index (χ0n) is 25.2. The Bertz CT molecular complexity index is 1710. The molecule has 2 aliphatic heterocycles. The number of imidazole rings is 2. The highest BCUT2D eigenvalue weighted by Crippen LogP contribution is 2.32. The largest absolute Gasteiger partial charge is 0.324 e. The quantitative estimate of drug-likeness (QED) is 0.239. The molecular weight excluding hydrogens is 583 g/mol. The van der Waals surface area contributed by atoms with E-state index in [9.17, 15) is 22.8 Å². The molecule has 2 unspecified atom stereocenters. The minimum absolute atomic E-state index is 0.0452. The number of aromatic nitrogens is 4. The van der Waals surface area contributed by atoms with Crippen molar-refractivity contribution >= 4 is 11.8 Å². The molecule has 2 aromatic heterocycles. The molecule has 4 heterocycles. The number of benzene rings is 2. The van der Waals surface area contributed by atoms with Crippen molar-refractivity contribution in [1.29, 1.82) is 5.26 Å². The summed E-state index contributed by atoms with van der Waals surface area (Å²) in [6.45, 7) is 5.90. The number of carbonyl (C=O) groups is 2. The van der Waals surface area contributed by atoms with Gasteiger partial charge in [-0.15, -0.1) is 0 Å². The molecule has 4 aromatic rings. The highest BCUT2D eigenvalue weighted by molar-refractivity contribution is 5.79. The van der Waals surface area contributed by atoms with E-state index in [4.69, 9.17) is 5.26 Å². The van der Waals surface area contributed by atoms with E-state index in [2.05, 4.69) is 33.6 Å². The number of carbonyl (C=O) groups excluding carboxylic acids is 2. The van der Waals surface area contributed by atoms with Gasteiger partial charge in [0.15, 0.2) is 11.6 Å². The van der Waals surface area contributed by atoms with Crippen LogP contribution in [0, 0.1) is 41.6 Å². The van der Waals surface area contributed by atoms with Crippen LogP contribution in [-0.4, -0.2) is 53.8 Å². The van der Waals surface area contributed by atoms with Crippen LogP contribution in [0.2, 0.25) is 0 Å². The van der Waals surface area contributed by atoms with Gasteiger partial charge >= 0.3 is 0 Å². The van der Waals surface area contributed by atoms with E-state index < -0.39 is 23.4 Å². The smallest absolute Gasteiger partial charge is 0.224 e. The lowest BCUT2D eigenvalue weighted by Gasteiger charge is -2.20. The molecule has 45 heavy (non-hydrogen) atoms. The van der Waals surface area contributed by atoms with E-state index >= 15 is 0 Å². The first-order valence-corrected chi connectivity index (χ1v) is 14.9. The van der Waals surface area contributed by atoms with Crippen molar-refractivity contribution in [2.45, 2.75) is 58.8 Å². The number of likely N-dealkylation sites (tertiary alicyclic amines) is 2. The van der Waals surface area contributed by atoms with Crippen LogP contribution in [0.3, 0.4) is 0 Å². The van der Waals surface area contributed by atoms with Crippen molar-refractivity contribution in [2.75, 3.05) is 13.1 Å². The van der Waals surface area contributed by atoms with Crippen LogP contribution in [-0.2, 0) is 22.9 Å². The molecule has 12 heteroatoms. The fraction of sp³-hybridized carbons (Fsp3) is 0.364. The van der Waals surface area contributed by atoms with Crippen molar-refractivity contribution in [1.82, 2.24) is 28.9 Å². The molecular formula is C33H34F3N7O2. The van der Waals surface area contributed by atoms with Crippen LogP contribution in [0.5, 0.6) is 0 Å². The Hall–Kier alpha value is -4.92. The van der Waals surface area contributed by atoms with Gasteiger partial charge in [-0.25, -0.2) is 23.1 Å². The number of amides is 2. The molecule has 2 fully saturated rings. The van der Waals surface area contributed by atoms with Crippen molar-refractivity contribution < 1.29 is 22.8 Å². The number of nitrogens with zero attached hydrogens (tertiary/aromatic N) is 7. The van der Waals surface area contributed by atoms with E-state index in [-0.39, 0.29) is 42.7 Å². The third kappa shape index (κ3) is 7.09. The standard InChI is InChI=1S/C18H23N3O.C15H11F3N4O/c1-3-7-15-10-17(22)20(12-15)13-21-14(2)11-19-18(21)16-8-5-4-6-9-16;16-10-2-12(15(18)13(17)3-10)9-1-14(23)21(6-9)8-22-7-20-5-11(22)4-19/h4-6,8-9,11,15H,3,7,10,12-13H2,1-2H3;2-3,5,7,9H,1,6,8H2. The van der Waals surface area contributed by atoms with Gasteiger partial charge in [0, 0.05) is 55.4 Å². The van der Waals surface area contributed by atoms with E-state index in [0.29, 0.717) is 25.1 Å². The van der Waals surface area contributed by atoms with Crippen molar-refractivity contribution in [3.8, 4) is 17.5 Å². The van der Waals surface area contributed by atoms with Gasteiger partial charge in [-0.2, -0.15) is 5.26 Å². The van der Waals surface area contributed by atoms with Gasteiger partial charge in [0.25, 0.3) is 0 Å². The summed E-state index contributed by atoms with van der Waals surface area (Å²) in [7, 11) is 0. The molecule has 9 nitrogen and oxygen atoms in total. The Morgan fingerprint density at radius 3 is 2.44 bits per heavy atom. The van der Waals surface area contributed by atoms with Crippen LogP contribution in [0.15, 0.2) is 61.2 Å². The van der Waals surface area contributed by atoms with E-state index in [1.165, 1.54) is 22.0 Å². The lowest BCUT2D eigenvalue weighted by atomic mass is 9.97. The Kier molecular flexibility index (Phi) is 9.66. The molecule has 2 aliphatic rings. The summed E-state index contributed by atoms with van der Waals surface area (Å²) in [5.74, 6) is -2.49. The molecule has 0 aliphatic carbocycles. The summed E-state index contributed by atoms with van der Waals surface area (Å²) in [5, 5.41) is 8.93. The first-order chi connectivity index (χ1) is 21.7. The van der Waals surface area contributed by atoms with Crippen LogP contribution in [0.1, 0.15) is 55.5 Å². The molecule has 2 atom stereocenters. The molecule has 0 radical (unpaired) electrons. The van der Waals surface area contributed by atoms with Crippen LogP contribution < -0.4 is 0 Å². The minimum atomic E-state index is -1.27. The highest BCUT2D eigenvalue weighted by Gasteiger charge is 2.34. The van der Waals surface area contributed by atoms with E-state index in [1.807, 2.05) is 42.3 Å². The number of nitriles is 1. The molecule has 2 amide bonds. The number of aryl methyl sites for hydroxylation is 1. The molecule has 0 spiro atoms. The first kappa shape index (κ1) is 31.5. The van der Waals surface area contributed by atoms with Gasteiger partial charge in [-0.05, 0) is 30.9 Å². The second-order valence-corrected chi connectivity index (χ2v) is 11.4. The Morgan fingerprint density at radius 1 is 0.978 bits per heavy atom. The summed E-state index contributed by atoms with van der Waals surface area (Å²) >= 11 is 0. The summed E-state index contributed by atoms with van der Waals surface area (Å²) in [6, 6.07) is 13.5. The maximum absolute atomic E-state index is 13.9. The molecule has 2 saturated heterocycles. The minimum Gasteiger partial charge on any atom is -0.324 e. The number of halogens is 3. The zero-order valence-corrected chi connectivity index (χ0v) is 25.2. The van der Waals surface area contributed by atoms with Gasteiger partial charge in [-0.1, -0.05) is 43.7 Å². The summed E-state index contributed by atoms with van der Waals surface area (Å²) in [5.41, 5.74) is 2.31. The Morgan fingerprint density at radius 2 is 1.71 bits per heavy atom. The first-order valence-electron chi connectivity index (χ1n) is 14.9. The van der Waals surface area contributed by atoms with E-state index in [0.717, 1.165) is 42.5 Å². The SMILES string of the molecule is CCCC1CC(=O)N(Cn2c(C)cnc2-c2ccccc2)C1.N#Cc1cncn1CN1CC(c2cc(F)cc(F)c2F)CC1=O. The third-order valence-corrected chi connectivity index (χ3v) is 8.22. The van der Waals surface area contributed by atoms with Crippen LogP contribution in [0.25, 0.3) is 11.4 Å². The second kappa shape index (κ2) is 13.8. The number of hydrogen-bond acceptors (Lipinski definition) is 5. The normalized spacial score (nSPS) is 17.9. The lowest BCUT2D eigenvalue weighted by molar-refractivity contribution is -0.129. The fourth-order valence-corrected chi connectivity index (χ4v) is 5.92. The Labute approximate surface area is 259 Å². The lowest BCUT2D eigenvalue weighted by Crippen LogP contribution is -2.28. The van der Waals surface area contributed by atoms with Gasteiger partial charge < -0.3 is 18.9 Å². The predicted octanol–water partition coefficient (Wildman–Crippen LogP) is 5.61. The summed E-state index contributed by atoms with van der Waals surface area (Å²) < 4.78 is 44.1. The highest BCUT2D eigenvalue weighted by atomic mass is 19.2. The molecule has 234 valence electrons. The average Bonchev–Trinajstić information content (AvgIpc) is 3.80. The topological polar surface area (TPSA) is 100 Å². The van der Waals surface area contributed by atoms with Gasteiger partial charge in [0.1, 0.15) is 23.4 Å². The van der Waals surface area contributed by atoms with Gasteiger partial charge in [0.05, 0.1) is 25.9 Å². The van der Waals surface area contributed by atoms with Crippen LogP contribution in [0.4, 0.5) is 13.2 Å². The van der Waals surface area contributed by atoms with Crippen LogP contribution >= 0.6 is 0 Å². The predicted molar refractivity (Wildman–Crippen MR) is 159 cm³/mol. The monoisotopic (exact) mass is 617 g/mol. The molecule has 6 rings (SSSR count). The van der Waals surface area contributed by atoms with Crippen molar-refractivity contribution in [2.24, 2.45) is 5.92 Å². The third-order valence-electron chi connectivity index (χ3n) is 8.22. The zero-order chi connectivity index (χ0) is 32.1. The molecule has 2 aromatic carbocycles. The number of hydrogen-bond donors (Lipinski definition) is 0. The summed E-state index contributed by atoms with van der Waals surface area (Å²) in [4.78, 5) is 36.0. The second-order valence-electron chi connectivity index (χ2n) is 11.4. The van der Waals surface area contributed by atoms with Gasteiger partial charge in [0.2, 0.25) is 11.8 Å². The molecule has 0 bridgehead atoms. The Balaban J connectivity index is 0.000000178. The van der Waals surface area contributed by atoms with E-state index in [1.54, 1.807) is 0 Å². The maximum Gasteiger partial charge on any atom is 0.224 e. The number of rotatable bonds is 8. The van der Waals surface area contributed by atoms with Crippen molar-refractivity contribution in [3.63, 3.8) is 0 Å². The van der Waals surface area contributed by atoms with Crippen molar-refractivity contribution in [3.05, 3.63) is 95.6 Å². The van der Waals surface area contributed by atoms with Gasteiger partial charge in [-0.3, -0.25) is 9.59 Å². The average molecular weight is 618 g/mol. The summed E-state index contributed by atoms with van der Waals surface area (Å²) in [6.07, 6.45) is 7.58.